The van der Waals surface area contributed by atoms with Crippen molar-refractivity contribution < 1.29 is 34.5 Å². The van der Waals surface area contributed by atoms with Gasteiger partial charge in [0.1, 0.15) is 17.8 Å². The number of aliphatic hydroxyl groups excluding tert-OH is 1. The van der Waals surface area contributed by atoms with Gasteiger partial charge < -0.3 is 48.5 Å². The average Bonchev–Trinajstić information content (AvgIpc) is 2.79. The zero-order valence-electron chi connectivity index (χ0n) is 18.4. The summed E-state index contributed by atoms with van der Waals surface area (Å²) < 4.78 is 0. The third-order valence-electron chi connectivity index (χ3n) is 4.55. The van der Waals surface area contributed by atoms with E-state index in [-0.39, 0.29) is 24.6 Å². The van der Waals surface area contributed by atoms with Crippen LogP contribution in [0.1, 0.15) is 18.4 Å². The molecule has 0 aliphatic rings. The summed E-state index contributed by atoms with van der Waals surface area (Å²) >= 11 is 0. The summed E-state index contributed by atoms with van der Waals surface area (Å²) in [5, 5.41) is 34.9. The van der Waals surface area contributed by atoms with Crippen LogP contribution < -0.4 is 33.2 Å². The Morgan fingerprint density at radius 3 is 2.21 bits per heavy atom. The van der Waals surface area contributed by atoms with Gasteiger partial charge in [0.15, 0.2) is 5.96 Å². The molecule has 14 heteroatoms. The number of carbonyl (C=O) groups is 4. The van der Waals surface area contributed by atoms with E-state index in [1.54, 1.807) is 0 Å². The molecule has 14 nitrogen and oxygen atoms in total. The first-order valence-corrected chi connectivity index (χ1v) is 10.3. The number of carboxylic acids is 1. The largest absolute Gasteiger partial charge is 0.508 e. The van der Waals surface area contributed by atoms with E-state index in [1.165, 1.54) is 24.3 Å². The number of aliphatic carboxylic acids is 1. The van der Waals surface area contributed by atoms with Crippen LogP contribution in [0.2, 0.25) is 0 Å². The van der Waals surface area contributed by atoms with Gasteiger partial charge in [-0.05, 0) is 30.5 Å². The van der Waals surface area contributed by atoms with Crippen molar-refractivity contribution in [2.45, 2.75) is 37.4 Å². The average molecular weight is 482 g/mol. The fourth-order valence-corrected chi connectivity index (χ4v) is 2.73. The zero-order chi connectivity index (χ0) is 25.7. The number of guanidine groups is 1. The summed E-state index contributed by atoms with van der Waals surface area (Å²) in [4.78, 5) is 51.7. The summed E-state index contributed by atoms with van der Waals surface area (Å²) in [5.41, 5.74) is 16.6. The van der Waals surface area contributed by atoms with E-state index in [9.17, 15) is 34.5 Å². The lowest BCUT2D eigenvalue weighted by atomic mass is 10.1. The topological polar surface area (TPSA) is 255 Å². The molecule has 3 amide bonds. The zero-order valence-corrected chi connectivity index (χ0v) is 18.4. The van der Waals surface area contributed by atoms with Gasteiger partial charge in [0, 0.05) is 13.0 Å². The second-order valence-corrected chi connectivity index (χ2v) is 7.35. The van der Waals surface area contributed by atoms with Gasteiger partial charge in [0.25, 0.3) is 0 Å². The molecule has 0 aliphatic carbocycles. The maximum absolute atomic E-state index is 12.4. The van der Waals surface area contributed by atoms with Crippen LogP contribution in [0, 0.1) is 0 Å². The van der Waals surface area contributed by atoms with E-state index in [0.29, 0.717) is 18.5 Å². The number of aliphatic imine (C=N–C) groups is 1. The molecule has 3 atom stereocenters. The van der Waals surface area contributed by atoms with Crippen molar-refractivity contribution in [1.29, 1.82) is 0 Å². The quantitative estimate of drug-likeness (QED) is 0.0718. The maximum atomic E-state index is 12.4. The Labute approximate surface area is 195 Å². The van der Waals surface area contributed by atoms with Crippen LogP contribution in [0.25, 0.3) is 0 Å². The molecule has 0 aliphatic heterocycles. The highest BCUT2D eigenvalue weighted by molar-refractivity contribution is 5.92. The van der Waals surface area contributed by atoms with E-state index in [2.05, 4.69) is 20.9 Å². The fraction of sp³-hybridized carbons (Fsp3) is 0.450. The van der Waals surface area contributed by atoms with Gasteiger partial charge in [-0.3, -0.25) is 19.4 Å². The Balaban J connectivity index is 2.53. The molecule has 0 saturated heterocycles. The number of nitrogens with zero attached hydrogens (tertiary/aromatic N) is 1. The monoisotopic (exact) mass is 481 g/mol. The van der Waals surface area contributed by atoms with Crippen molar-refractivity contribution in [3.63, 3.8) is 0 Å². The molecule has 12 N–H and O–H groups in total. The molecule has 0 heterocycles. The number of rotatable bonds is 14. The van der Waals surface area contributed by atoms with Crippen LogP contribution in [0.5, 0.6) is 5.75 Å². The second kappa shape index (κ2) is 14.3. The fourth-order valence-electron chi connectivity index (χ4n) is 2.73. The Bertz CT molecular complexity index is 873. The number of carboxylic acid groups (broad SMARTS) is 1. The summed E-state index contributed by atoms with van der Waals surface area (Å²) in [5.74, 6) is -3.73. The molecule has 188 valence electrons. The summed E-state index contributed by atoms with van der Waals surface area (Å²) in [6.07, 6.45) is 0.619. The number of carbonyl (C=O) groups excluding carboxylic acids is 3. The highest BCUT2D eigenvalue weighted by atomic mass is 16.4. The third kappa shape index (κ3) is 10.6. The Morgan fingerprint density at radius 2 is 1.65 bits per heavy atom. The second-order valence-electron chi connectivity index (χ2n) is 7.35. The van der Waals surface area contributed by atoms with Gasteiger partial charge in [0.2, 0.25) is 17.7 Å². The first-order chi connectivity index (χ1) is 16.0. The van der Waals surface area contributed by atoms with E-state index in [1.807, 2.05) is 0 Å². The molecule has 1 rings (SSSR count). The molecular weight excluding hydrogens is 450 g/mol. The highest BCUT2D eigenvalue weighted by Gasteiger charge is 2.26. The minimum Gasteiger partial charge on any atom is -0.508 e. The van der Waals surface area contributed by atoms with E-state index >= 15 is 0 Å². The van der Waals surface area contributed by atoms with Crippen molar-refractivity contribution in [1.82, 2.24) is 16.0 Å². The highest BCUT2D eigenvalue weighted by Crippen LogP contribution is 2.11. The molecule has 0 spiro atoms. The lowest BCUT2D eigenvalue weighted by Crippen LogP contribution is -2.55. The maximum Gasteiger partial charge on any atom is 0.326 e. The molecule has 1 aromatic rings. The van der Waals surface area contributed by atoms with Crippen LogP contribution in [-0.4, -0.2) is 82.8 Å². The Morgan fingerprint density at radius 1 is 1.00 bits per heavy atom. The van der Waals surface area contributed by atoms with E-state index in [0.717, 1.165) is 0 Å². The van der Waals surface area contributed by atoms with Crippen molar-refractivity contribution in [3.8, 4) is 5.75 Å². The smallest absolute Gasteiger partial charge is 0.326 e. The summed E-state index contributed by atoms with van der Waals surface area (Å²) in [6, 6.07) is 2.04. The van der Waals surface area contributed by atoms with Gasteiger partial charge in [-0.25, -0.2) is 4.79 Å². The first kappa shape index (κ1) is 28.1. The van der Waals surface area contributed by atoms with Crippen molar-refractivity contribution in [2.24, 2.45) is 22.2 Å². The van der Waals surface area contributed by atoms with Crippen molar-refractivity contribution >= 4 is 29.7 Å². The number of nitrogens with one attached hydrogen (secondary N) is 3. The number of amides is 3. The Hall–Kier alpha value is -3.91. The number of benzene rings is 1. The van der Waals surface area contributed by atoms with Crippen LogP contribution >= 0.6 is 0 Å². The molecule has 3 unspecified atom stereocenters. The van der Waals surface area contributed by atoms with Gasteiger partial charge in [-0.1, -0.05) is 12.1 Å². The number of phenolic OH excluding ortho intramolecular Hbond substituents is 1. The predicted octanol–water partition coefficient (Wildman–Crippen LogP) is -3.52. The van der Waals surface area contributed by atoms with Gasteiger partial charge in [-0.2, -0.15) is 0 Å². The minimum atomic E-state index is -1.45. The molecule has 0 radical (unpaired) electrons. The lowest BCUT2D eigenvalue weighted by molar-refractivity contribution is -0.142. The molecule has 0 fully saturated rings. The molecule has 1 aromatic carbocycles. The van der Waals surface area contributed by atoms with E-state index in [4.69, 9.17) is 17.2 Å². The van der Waals surface area contributed by atoms with Gasteiger partial charge in [0.05, 0.1) is 19.2 Å². The first-order valence-electron chi connectivity index (χ1n) is 10.3. The van der Waals surface area contributed by atoms with Crippen LogP contribution in [0.4, 0.5) is 0 Å². The molecule has 0 bridgehead atoms. The summed E-state index contributed by atoms with van der Waals surface area (Å²) in [7, 11) is 0. The molecular formula is C20H31N7O7. The molecule has 0 aromatic heterocycles. The molecule has 0 saturated carbocycles. The lowest BCUT2D eigenvalue weighted by Gasteiger charge is -2.20. The summed E-state index contributed by atoms with van der Waals surface area (Å²) in [6.45, 7) is -1.03. The number of aliphatic hydroxyl groups is 1. The van der Waals surface area contributed by atoms with Crippen LogP contribution in [0.3, 0.4) is 0 Å². The number of aromatic hydroxyl groups is 1. The minimum absolute atomic E-state index is 0.00158. The van der Waals surface area contributed by atoms with Gasteiger partial charge in [-0.15, -0.1) is 0 Å². The number of nitrogens with two attached hydrogens (primary N) is 3. The van der Waals surface area contributed by atoms with Crippen LogP contribution in [-0.2, 0) is 25.6 Å². The normalized spacial score (nSPS) is 13.1. The third-order valence-corrected chi connectivity index (χ3v) is 4.55. The predicted molar refractivity (Wildman–Crippen MR) is 121 cm³/mol. The van der Waals surface area contributed by atoms with Crippen molar-refractivity contribution in [3.05, 3.63) is 29.8 Å². The SMILES string of the molecule is NC(N)=NCCCC(N)C(=O)NCC(=O)NC(CO)C(=O)NC(Cc1ccc(O)cc1)C(=O)O. The standard InChI is InChI=1S/C20H31N7O7/c21-13(2-1-7-24-20(22)23)17(31)25-9-16(30)26-15(10-28)18(32)27-14(19(33)34)8-11-3-5-12(29)6-4-11/h3-6,13-15,28-29H,1-2,7-10,21H2,(H,25,31)(H,26,30)(H,27,32)(H,33,34)(H4,22,23,24). The van der Waals surface area contributed by atoms with E-state index < -0.39 is 55.0 Å². The van der Waals surface area contributed by atoms with Crippen LogP contribution in [0.15, 0.2) is 29.3 Å². The number of hydrogen-bond acceptors (Lipinski definition) is 8. The van der Waals surface area contributed by atoms with Gasteiger partial charge >= 0.3 is 5.97 Å². The number of phenols is 1. The molecule has 34 heavy (non-hydrogen) atoms. The van der Waals surface area contributed by atoms with Crippen molar-refractivity contribution in [2.75, 3.05) is 19.7 Å². The Kier molecular flexibility index (Phi) is 11.8. The number of hydrogen-bond donors (Lipinski definition) is 9.